The summed E-state index contributed by atoms with van der Waals surface area (Å²) in [7, 11) is -4.34. The third kappa shape index (κ3) is 5.02. The van der Waals surface area contributed by atoms with Gasteiger partial charge in [0.1, 0.15) is 27.8 Å². The van der Waals surface area contributed by atoms with Crippen LogP contribution in [0.4, 0.5) is 10.1 Å². The van der Waals surface area contributed by atoms with E-state index in [1.54, 1.807) is 4.90 Å². The van der Waals surface area contributed by atoms with Gasteiger partial charge in [0.25, 0.3) is 21.5 Å². The lowest BCUT2D eigenvalue weighted by Gasteiger charge is -2.26. The van der Waals surface area contributed by atoms with Gasteiger partial charge in [-0.3, -0.25) is 9.59 Å². The Morgan fingerprint density at radius 1 is 1.18 bits per heavy atom. The average Bonchev–Trinajstić information content (AvgIpc) is 3.77. The first-order chi connectivity index (χ1) is 19.2. The molecule has 2 aromatic carbocycles. The van der Waals surface area contributed by atoms with E-state index in [9.17, 15) is 27.5 Å². The molecule has 3 aliphatic rings. The Bertz CT molecular complexity index is 1710. The smallest absolute Gasteiger partial charge is 0.286 e. The Kier molecular flexibility index (Phi) is 6.70. The van der Waals surface area contributed by atoms with Gasteiger partial charge in [-0.25, -0.2) is 4.39 Å². The standard InChI is InChI=1S/C27H27FN4O7S/c28-17-3-6-21-19(13-17)25(34)24(27(35)32(21)8-7-16-1-2-16)26-29-20-5-4-18(14-22(20)40(36,37)30-26)39-15-23(33)31-9-11-38-12-10-31/h3-6,13-14,16,34H,1-2,7-12,15H2,(H,29,30). The summed E-state index contributed by atoms with van der Waals surface area (Å²) in [4.78, 5) is 27.4. The van der Waals surface area contributed by atoms with Crippen LogP contribution in [0.15, 0.2) is 50.5 Å². The van der Waals surface area contributed by atoms with Crippen LogP contribution in [0.3, 0.4) is 0 Å². The fourth-order valence-electron chi connectivity index (χ4n) is 4.95. The second-order valence-corrected chi connectivity index (χ2v) is 11.6. The highest BCUT2D eigenvalue weighted by Gasteiger charge is 2.31. The van der Waals surface area contributed by atoms with Crippen LogP contribution >= 0.6 is 0 Å². The highest BCUT2D eigenvalue weighted by Crippen LogP contribution is 2.36. The van der Waals surface area contributed by atoms with Crippen LogP contribution in [-0.2, 0) is 26.1 Å². The van der Waals surface area contributed by atoms with Crippen molar-refractivity contribution in [2.75, 3.05) is 38.2 Å². The van der Waals surface area contributed by atoms with E-state index in [0.29, 0.717) is 44.3 Å². The van der Waals surface area contributed by atoms with Gasteiger partial charge in [0, 0.05) is 31.1 Å². The van der Waals surface area contributed by atoms with Crippen LogP contribution in [0.1, 0.15) is 24.8 Å². The number of anilines is 1. The Balaban J connectivity index is 1.33. The molecule has 2 fully saturated rings. The Morgan fingerprint density at radius 3 is 2.70 bits per heavy atom. The summed E-state index contributed by atoms with van der Waals surface area (Å²) < 4.78 is 56.6. The molecule has 2 aliphatic heterocycles. The van der Waals surface area contributed by atoms with E-state index in [1.165, 1.54) is 34.9 Å². The number of carbonyl (C=O) groups excluding carboxylic acids is 1. The highest BCUT2D eigenvalue weighted by atomic mass is 32.2. The first-order valence-electron chi connectivity index (χ1n) is 13.0. The maximum Gasteiger partial charge on any atom is 0.286 e. The van der Waals surface area contributed by atoms with E-state index >= 15 is 0 Å². The fourth-order valence-corrected chi connectivity index (χ4v) is 6.09. The van der Waals surface area contributed by atoms with Crippen molar-refractivity contribution in [3.8, 4) is 11.5 Å². The van der Waals surface area contributed by atoms with Gasteiger partial charge >= 0.3 is 0 Å². The Morgan fingerprint density at radius 2 is 1.95 bits per heavy atom. The molecule has 3 aromatic rings. The molecule has 1 aliphatic carbocycles. The Labute approximate surface area is 228 Å². The van der Waals surface area contributed by atoms with Gasteiger partial charge in [0.2, 0.25) is 0 Å². The summed E-state index contributed by atoms with van der Waals surface area (Å²) in [6, 6.07) is 7.90. The molecule has 0 radical (unpaired) electrons. The second-order valence-electron chi connectivity index (χ2n) is 10.1. The van der Waals surface area contributed by atoms with Gasteiger partial charge < -0.3 is 29.4 Å². The molecule has 3 heterocycles. The molecule has 1 amide bonds. The molecule has 13 heteroatoms. The zero-order chi connectivity index (χ0) is 28.0. The highest BCUT2D eigenvalue weighted by molar-refractivity contribution is 7.90. The van der Waals surface area contributed by atoms with E-state index in [0.717, 1.165) is 25.3 Å². The van der Waals surface area contributed by atoms with Gasteiger partial charge in [-0.1, -0.05) is 12.8 Å². The van der Waals surface area contributed by atoms with Crippen molar-refractivity contribution < 1.29 is 32.2 Å². The third-order valence-corrected chi connectivity index (χ3v) is 8.63. The minimum Gasteiger partial charge on any atom is -0.506 e. The minimum absolute atomic E-state index is 0.0757. The molecule has 0 spiro atoms. The number of nitrogens with one attached hydrogen (secondary N) is 1. The van der Waals surface area contributed by atoms with E-state index in [2.05, 4.69) is 9.71 Å². The summed E-state index contributed by atoms with van der Waals surface area (Å²) in [6.45, 7) is 1.86. The number of aromatic hydroxyl groups is 1. The normalized spacial score (nSPS) is 18.1. The number of aromatic nitrogens is 1. The van der Waals surface area contributed by atoms with Crippen LogP contribution in [0.5, 0.6) is 11.5 Å². The monoisotopic (exact) mass is 570 g/mol. The molecule has 6 rings (SSSR count). The number of sulfonamides is 1. The van der Waals surface area contributed by atoms with Crippen LogP contribution in [-0.4, -0.2) is 67.6 Å². The first kappa shape index (κ1) is 26.3. The molecule has 1 saturated carbocycles. The summed E-state index contributed by atoms with van der Waals surface area (Å²) in [6.07, 6.45) is 2.87. The largest absolute Gasteiger partial charge is 0.506 e. The van der Waals surface area contributed by atoms with Crippen molar-refractivity contribution in [2.45, 2.75) is 30.7 Å². The number of morpholine rings is 1. The summed E-state index contributed by atoms with van der Waals surface area (Å²) in [5.74, 6) is -1.14. The molecule has 0 bridgehead atoms. The molecule has 1 saturated heterocycles. The van der Waals surface area contributed by atoms with Gasteiger partial charge in [-0.05, 0) is 42.7 Å². The molecule has 11 nitrogen and oxygen atoms in total. The molecule has 2 N–H and O–H groups in total. The number of ether oxygens (including phenoxy) is 2. The number of pyridine rings is 1. The lowest BCUT2D eigenvalue weighted by Crippen LogP contribution is -2.43. The number of hydrogen-bond donors (Lipinski definition) is 2. The maximum absolute atomic E-state index is 14.1. The number of carbonyl (C=O) groups is 1. The van der Waals surface area contributed by atoms with Crippen molar-refractivity contribution in [3.05, 3.63) is 58.1 Å². The van der Waals surface area contributed by atoms with E-state index in [-0.39, 0.29) is 45.6 Å². The zero-order valence-electron chi connectivity index (χ0n) is 21.4. The van der Waals surface area contributed by atoms with Gasteiger partial charge in [-0.15, -0.1) is 4.40 Å². The number of nitrogens with zero attached hydrogens (tertiary/aromatic N) is 3. The predicted octanol–water partition coefficient (Wildman–Crippen LogP) is 2.44. The molecule has 40 heavy (non-hydrogen) atoms. The van der Waals surface area contributed by atoms with Gasteiger partial charge in [0.15, 0.2) is 12.4 Å². The van der Waals surface area contributed by atoms with E-state index in [1.807, 2.05) is 0 Å². The third-order valence-electron chi connectivity index (χ3n) is 7.32. The number of halogens is 1. The number of amides is 1. The maximum atomic E-state index is 14.1. The minimum atomic E-state index is -4.34. The van der Waals surface area contributed by atoms with E-state index < -0.39 is 27.1 Å². The number of aryl methyl sites for hydroxylation is 1. The van der Waals surface area contributed by atoms with Crippen molar-refractivity contribution >= 4 is 38.4 Å². The summed E-state index contributed by atoms with van der Waals surface area (Å²) >= 11 is 0. The van der Waals surface area contributed by atoms with Gasteiger partial charge in [0.05, 0.1) is 24.4 Å². The van der Waals surface area contributed by atoms with Crippen LogP contribution < -0.4 is 15.6 Å². The van der Waals surface area contributed by atoms with Crippen molar-refractivity contribution in [2.24, 2.45) is 10.3 Å². The van der Waals surface area contributed by atoms with Crippen molar-refractivity contribution in [3.63, 3.8) is 0 Å². The molecule has 1 aromatic heterocycles. The average molecular weight is 571 g/mol. The zero-order valence-corrected chi connectivity index (χ0v) is 22.2. The summed E-state index contributed by atoms with van der Waals surface area (Å²) in [5.41, 5.74) is -0.538. The quantitative estimate of drug-likeness (QED) is 0.442. The lowest BCUT2D eigenvalue weighted by molar-refractivity contribution is -0.137. The van der Waals surface area contributed by atoms with Crippen molar-refractivity contribution in [1.82, 2.24) is 9.47 Å². The SMILES string of the molecule is O=C(COc1ccc2c(c1)S(=O)(=O)N=C(c1c(O)c3cc(F)ccc3n(CCC3CC3)c1=O)N2)N1CCOCC1. The number of fused-ring (bicyclic) bond motifs is 2. The molecular formula is C27H27FN4O7S. The molecule has 0 atom stereocenters. The van der Waals surface area contributed by atoms with Crippen molar-refractivity contribution in [1.29, 1.82) is 0 Å². The molecular weight excluding hydrogens is 543 g/mol. The number of amidine groups is 1. The first-order valence-corrected chi connectivity index (χ1v) is 14.4. The number of benzene rings is 2. The summed E-state index contributed by atoms with van der Waals surface area (Å²) in [5, 5.41) is 14.0. The van der Waals surface area contributed by atoms with Crippen LogP contribution in [0.2, 0.25) is 0 Å². The molecule has 0 unspecified atom stereocenters. The second kappa shape index (κ2) is 10.2. The predicted molar refractivity (Wildman–Crippen MR) is 144 cm³/mol. The lowest BCUT2D eigenvalue weighted by atomic mass is 10.1. The molecule has 210 valence electrons. The van der Waals surface area contributed by atoms with Crippen LogP contribution in [0, 0.1) is 11.7 Å². The van der Waals surface area contributed by atoms with Gasteiger partial charge in [-0.2, -0.15) is 8.42 Å². The Hall–Kier alpha value is -3.97. The number of rotatable bonds is 7. The fraction of sp³-hybridized carbons (Fsp3) is 0.370. The number of hydrogen-bond acceptors (Lipinski definition) is 8. The van der Waals surface area contributed by atoms with Crippen LogP contribution in [0.25, 0.3) is 10.9 Å². The van der Waals surface area contributed by atoms with E-state index in [4.69, 9.17) is 9.47 Å². The topological polar surface area (TPSA) is 140 Å².